The van der Waals surface area contributed by atoms with Gasteiger partial charge in [-0.25, -0.2) is 0 Å². The Morgan fingerprint density at radius 2 is 2.00 bits per heavy atom. The molecule has 5 heteroatoms. The van der Waals surface area contributed by atoms with Gasteiger partial charge in [-0.15, -0.1) is 0 Å². The second-order valence-corrected chi connectivity index (χ2v) is 5.75. The molecule has 0 aliphatic heterocycles. The van der Waals surface area contributed by atoms with Crippen molar-refractivity contribution in [2.75, 3.05) is 0 Å². The first-order chi connectivity index (χ1) is 10.2. The second-order valence-electron chi connectivity index (χ2n) is 4.96. The highest BCUT2D eigenvalue weighted by molar-refractivity contribution is 9.10. The van der Waals surface area contributed by atoms with Crippen LogP contribution in [0.25, 0.3) is 0 Å². The van der Waals surface area contributed by atoms with Gasteiger partial charge in [0.1, 0.15) is 0 Å². The first kappa shape index (κ1) is 16.2. The highest BCUT2D eigenvalue weighted by Gasteiger charge is 2.13. The number of aromatic nitrogens is 2. The van der Waals surface area contributed by atoms with Gasteiger partial charge < -0.3 is 10.4 Å². The molecule has 1 aromatic heterocycles. The highest BCUT2D eigenvalue weighted by Crippen LogP contribution is 2.22. The molecule has 0 bridgehead atoms. The van der Waals surface area contributed by atoms with Crippen LogP contribution >= 0.6 is 15.9 Å². The largest absolute Gasteiger partial charge is 0.392 e. The molecule has 0 amide bonds. The highest BCUT2D eigenvalue weighted by atomic mass is 79.9. The Morgan fingerprint density at radius 3 is 2.67 bits per heavy atom. The van der Waals surface area contributed by atoms with Crippen molar-refractivity contribution in [2.45, 2.75) is 46.5 Å². The number of benzene rings is 1. The van der Waals surface area contributed by atoms with Gasteiger partial charge >= 0.3 is 0 Å². The van der Waals surface area contributed by atoms with Crippen LogP contribution in [0.2, 0.25) is 0 Å². The minimum absolute atomic E-state index is 0.0852. The molecule has 0 aliphatic carbocycles. The zero-order chi connectivity index (χ0) is 15.2. The Kier molecular flexibility index (Phi) is 5.96. The van der Waals surface area contributed by atoms with E-state index in [-0.39, 0.29) is 6.61 Å². The van der Waals surface area contributed by atoms with Gasteiger partial charge in [0.25, 0.3) is 0 Å². The molecular weight excluding hydrogens is 330 g/mol. The van der Waals surface area contributed by atoms with E-state index in [0.717, 1.165) is 41.8 Å². The molecule has 0 fully saturated rings. The molecule has 0 atom stereocenters. The summed E-state index contributed by atoms with van der Waals surface area (Å²) >= 11 is 3.66. The third-order valence-electron chi connectivity index (χ3n) is 3.49. The van der Waals surface area contributed by atoms with Crippen LogP contribution in [-0.4, -0.2) is 14.9 Å². The predicted molar refractivity (Wildman–Crippen MR) is 87.9 cm³/mol. The smallest absolute Gasteiger partial charge is 0.0767 e. The van der Waals surface area contributed by atoms with E-state index < -0.39 is 0 Å². The first-order valence-corrected chi connectivity index (χ1v) is 8.12. The van der Waals surface area contributed by atoms with Crippen molar-refractivity contribution in [1.29, 1.82) is 0 Å². The van der Waals surface area contributed by atoms with E-state index in [4.69, 9.17) is 5.11 Å². The molecule has 114 valence electrons. The number of hydrogen-bond donors (Lipinski definition) is 2. The van der Waals surface area contributed by atoms with Gasteiger partial charge in [0.2, 0.25) is 0 Å². The Bertz CT molecular complexity index is 595. The molecule has 0 saturated heterocycles. The zero-order valence-corrected chi connectivity index (χ0v) is 14.2. The van der Waals surface area contributed by atoms with Crippen molar-refractivity contribution in [1.82, 2.24) is 15.1 Å². The maximum absolute atomic E-state index is 9.16. The maximum atomic E-state index is 9.16. The average molecular weight is 352 g/mol. The molecule has 0 radical (unpaired) electrons. The summed E-state index contributed by atoms with van der Waals surface area (Å²) < 4.78 is 3.16. The topological polar surface area (TPSA) is 50.1 Å². The molecule has 0 aliphatic rings. The van der Waals surface area contributed by atoms with E-state index >= 15 is 0 Å². The molecule has 0 saturated carbocycles. The van der Waals surface area contributed by atoms with Crippen LogP contribution in [0.1, 0.15) is 36.4 Å². The average Bonchev–Trinajstić information content (AvgIpc) is 2.83. The quantitative estimate of drug-likeness (QED) is 0.805. The number of hydrogen-bond acceptors (Lipinski definition) is 3. The maximum Gasteiger partial charge on any atom is 0.0767 e. The van der Waals surface area contributed by atoms with Gasteiger partial charge in [-0.05, 0) is 40.4 Å². The summed E-state index contributed by atoms with van der Waals surface area (Å²) in [6.45, 7) is 6.72. The zero-order valence-electron chi connectivity index (χ0n) is 12.6. The van der Waals surface area contributed by atoms with Gasteiger partial charge in [0.05, 0.1) is 22.5 Å². The lowest BCUT2D eigenvalue weighted by Crippen LogP contribution is -2.16. The summed E-state index contributed by atoms with van der Waals surface area (Å²) in [7, 11) is 0. The lowest BCUT2D eigenvalue weighted by atomic mass is 10.1. The number of aryl methyl sites for hydroxylation is 2. The van der Waals surface area contributed by atoms with E-state index in [1.807, 2.05) is 22.9 Å². The minimum atomic E-state index is 0.0852. The molecule has 21 heavy (non-hydrogen) atoms. The number of halogens is 1. The van der Waals surface area contributed by atoms with Gasteiger partial charge in [-0.1, -0.05) is 31.2 Å². The molecule has 2 rings (SSSR count). The molecule has 2 aromatic rings. The van der Waals surface area contributed by atoms with Gasteiger partial charge in [-0.3, -0.25) is 4.68 Å². The molecule has 1 heterocycles. The second kappa shape index (κ2) is 7.73. The monoisotopic (exact) mass is 351 g/mol. The van der Waals surface area contributed by atoms with Crippen LogP contribution in [0.3, 0.4) is 0 Å². The fourth-order valence-corrected chi connectivity index (χ4v) is 3.05. The van der Waals surface area contributed by atoms with E-state index in [2.05, 4.69) is 46.3 Å². The molecule has 0 unspecified atom stereocenters. The van der Waals surface area contributed by atoms with Gasteiger partial charge in [-0.2, -0.15) is 5.10 Å². The third kappa shape index (κ3) is 3.93. The SMILES string of the molecule is CCc1nn(CC)c(CNCc2cccc(CO)c2)c1Br. The lowest BCUT2D eigenvalue weighted by molar-refractivity contribution is 0.281. The summed E-state index contributed by atoms with van der Waals surface area (Å²) in [5.41, 5.74) is 4.42. The summed E-state index contributed by atoms with van der Waals surface area (Å²) in [4.78, 5) is 0. The Morgan fingerprint density at radius 1 is 1.24 bits per heavy atom. The van der Waals surface area contributed by atoms with Crippen LogP contribution in [-0.2, 0) is 32.7 Å². The normalized spacial score (nSPS) is 11.0. The van der Waals surface area contributed by atoms with Crippen LogP contribution in [0.15, 0.2) is 28.7 Å². The van der Waals surface area contributed by atoms with Crippen LogP contribution < -0.4 is 5.32 Å². The fourth-order valence-electron chi connectivity index (χ4n) is 2.35. The van der Waals surface area contributed by atoms with Crippen molar-refractivity contribution in [2.24, 2.45) is 0 Å². The molecule has 1 aromatic carbocycles. The van der Waals surface area contributed by atoms with Crippen LogP contribution in [0.5, 0.6) is 0 Å². The van der Waals surface area contributed by atoms with Crippen molar-refractivity contribution in [3.05, 3.63) is 51.3 Å². The number of aliphatic hydroxyl groups excluding tert-OH is 1. The third-order valence-corrected chi connectivity index (χ3v) is 4.41. The Labute approximate surface area is 134 Å². The summed E-state index contributed by atoms with van der Waals surface area (Å²) in [5, 5.41) is 17.2. The lowest BCUT2D eigenvalue weighted by Gasteiger charge is -2.08. The Balaban J connectivity index is 2.01. The van der Waals surface area contributed by atoms with Crippen molar-refractivity contribution >= 4 is 15.9 Å². The Hall–Kier alpha value is -1.17. The van der Waals surface area contributed by atoms with E-state index in [9.17, 15) is 0 Å². The van der Waals surface area contributed by atoms with E-state index in [1.165, 1.54) is 11.3 Å². The number of aliphatic hydroxyl groups is 1. The van der Waals surface area contributed by atoms with E-state index in [1.54, 1.807) is 0 Å². The summed E-state index contributed by atoms with van der Waals surface area (Å²) in [5.74, 6) is 0. The molecule has 4 nitrogen and oxygen atoms in total. The van der Waals surface area contributed by atoms with E-state index in [0.29, 0.717) is 0 Å². The summed E-state index contributed by atoms with van der Waals surface area (Å²) in [6.07, 6.45) is 0.930. The summed E-state index contributed by atoms with van der Waals surface area (Å²) in [6, 6.07) is 8.00. The molecule has 2 N–H and O–H groups in total. The van der Waals surface area contributed by atoms with Crippen molar-refractivity contribution in [3.8, 4) is 0 Å². The van der Waals surface area contributed by atoms with Gasteiger partial charge in [0, 0.05) is 19.6 Å². The minimum Gasteiger partial charge on any atom is -0.392 e. The predicted octanol–water partition coefficient (Wildman–Crippen LogP) is 3.01. The number of rotatable bonds is 7. The van der Waals surface area contributed by atoms with Crippen LogP contribution in [0.4, 0.5) is 0 Å². The van der Waals surface area contributed by atoms with Gasteiger partial charge in [0.15, 0.2) is 0 Å². The molecule has 0 spiro atoms. The fraction of sp³-hybridized carbons (Fsp3) is 0.438. The standard InChI is InChI=1S/C16H22BrN3O/c1-3-14-16(17)15(20(4-2)19-14)10-18-9-12-6-5-7-13(8-12)11-21/h5-8,18,21H,3-4,9-11H2,1-2H3. The number of nitrogens with one attached hydrogen (secondary N) is 1. The van der Waals surface area contributed by atoms with Crippen LogP contribution in [0, 0.1) is 0 Å². The molecular formula is C16H22BrN3O. The first-order valence-electron chi connectivity index (χ1n) is 7.33. The number of nitrogens with zero attached hydrogens (tertiary/aromatic N) is 2. The van der Waals surface area contributed by atoms with Crippen molar-refractivity contribution in [3.63, 3.8) is 0 Å². The van der Waals surface area contributed by atoms with Crippen molar-refractivity contribution < 1.29 is 5.11 Å².